The van der Waals surface area contributed by atoms with Gasteiger partial charge in [0, 0.05) is 10.8 Å². The average molecular weight is 318 g/mol. The zero-order valence-corrected chi connectivity index (χ0v) is 10.2. The lowest BCUT2D eigenvalue weighted by atomic mass is 9.92. The molecule has 80 valence electrons. The van der Waals surface area contributed by atoms with Gasteiger partial charge in [-0.3, -0.25) is 0 Å². The number of benzene rings is 1. The van der Waals surface area contributed by atoms with Gasteiger partial charge in [-0.1, -0.05) is 52.9 Å². The number of rotatable bonds is 2. The Morgan fingerprint density at radius 3 is 2.60 bits per heavy atom. The first-order valence-corrected chi connectivity index (χ1v) is 6.23. The fraction of sp³-hybridized carbons (Fsp3) is 0.364. The molecule has 0 amide bonds. The van der Waals surface area contributed by atoms with E-state index in [9.17, 15) is 9.90 Å². The van der Waals surface area contributed by atoms with Crippen molar-refractivity contribution in [2.45, 2.75) is 18.1 Å². The number of carbonyl (C=O) groups excluding carboxylic acids is 1. The van der Waals surface area contributed by atoms with Crippen LogP contribution < -0.4 is 0 Å². The molecule has 1 fully saturated rings. The van der Waals surface area contributed by atoms with Crippen LogP contribution in [0.1, 0.15) is 12.0 Å². The van der Waals surface area contributed by atoms with Crippen LogP contribution in [0.3, 0.4) is 0 Å². The summed E-state index contributed by atoms with van der Waals surface area (Å²) in [5.74, 6) is -0.518. The molecular weight excluding hydrogens is 307 g/mol. The highest BCUT2D eigenvalue weighted by molar-refractivity contribution is 14.1. The maximum atomic E-state index is 11.2. The number of aliphatic hydroxyl groups is 1. The van der Waals surface area contributed by atoms with E-state index in [4.69, 9.17) is 4.74 Å². The molecule has 0 aliphatic carbocycles. The smallest absolute Gasteiger partial charge is 0.336 e. The Morgan fingerprint density at radius 1 is 1.47 bits per heavy atom. The van der Waals surface area contributed by atoms with Crippen molar-refractivity contribution in [1.82, 2.24) is 0 Å². The molecule has 1 aromatic rings. The van der Waals surface area contributed by atoms with Crippen LogP contribution in [0.5, 0.6) is 0 Å². The van der Waals surface area contributed by atoms with Crippen molar-refractivity contribution in [1.29, 1.82) is 0 Å². The first-order valence-electron chi connectivity index (χ1n) is 4.70. The monoisotopic (exact) mass is 318 g/mol. The summed E-state index contributed by atoms with van der Waals surface area (Å²) < 4.78 is 5.95. The lowest BCUT2D eigenvalue weighted by Crippen LogP contribution is -2.27. The van der Waals surface area contributed by atoms with E-state index in [-0.39, 0.29) is 0 Å². The molecule has 1 aromatic carbocycles. The summed E-state index contributed by atoms with van der Waals surface area (Å²) in [5.41, 5.74) is 0.308. The van der Waals surface area contributed by atoms with Crippen LogP contribution in [-0.4, -0.2) is 21.6 Å². The van der Waals surface area contributed by atoms with Gasteiger partial charge in [0.05, 0.1) is 0 Å². The summed E-state index contributed by atoms with van der Waals surface area (Å²) in [7, 11) is 0. The van der Waals surface area contributed by atoms with E-state index in [0.717, 1.165) is 5.56 Å². The Bertz CT molecular complexity index is 365. The van der Waals surface area contributed by atoms with Crippen molar-refractivity contribution in [3.8, 4) is 0 Å². The van der Waals surface area contributed by atoms with Gasteiger partial charge in [-0.25, -0.2) is 4.79 Å². The molecule has 1 saturated heterocycles. The topological polar surface area (TPSA) is 46.5 Å². The standard InChI is InChI=1S/C11H11IO3/c12-7-11(6-9(13)10(14)15-11)8-4-2-1-3-5-8/h1-5,9,13H,6-7H2. The van der Waals surface area contributed by atoms with Crippen LogP contribution in [0.15, 0.2) is 30.3 Å². The third kappa shape index (κ3) is 1.88. The van der Waals surface area contributed by atoms with Crippen LogP contribution in [0.25, 0.3) is 0 Å². The number of aliphatic hydroxyl groups excluding tert-OH is 1. The molecule has 2 unspecified atom stereocenters. The molecule has 0 saturated carbocycles. The SMILES string of the molecule is O=C1OC(CI)(c2ccccc2)CC1O. The Labute approximate surface area is 102 Å². The zero-order chi connectivity index (χ0) is 10.9. The van der Waals surface area contributed by atoms with Gasteiger partial charge in [-0.15, -0.1) is 0 Å². The number of cyclic esters (lactones) is 1. The number of hydrogen-bond acceptors (Lipinski definition) is 3. The molecule has 1 heterocycles. The average Bonchev–Trinajstić information content (AvgIpc) is 2.57. The van der Waals surface area contributed by atoms with E-state index in [2.05, 4.69) is 22.6 Å². The number of halogens is 1. The van der Waals surface area contributed by atoms with E-state index in [0.29, 0.717) is 10.8 Å². The molecule has 1 aliphatic rings. The first kappa shape index (κ1) is 10.9. The first-order chi connectivity index (χ1) is 7.18. The van der Waals surface area contributed by atoms with Crippen molar-refractivity contribution in [3.63, 3.8) is 0 Å². The molecule has 2 rings (SSSR count). The highest BCUT2D eigenvalue weighted by Crippen LogP contribution is 2.38. The lowest BCUT2D eigenvalue weighted by molar-refractivity contribution is -0.152. The van der Waals surface area contributed by atoms with Gasteiger partial charge in [0.2, 0.25) is 0 Å². The van der Waals surface area contributed by atoms with Crippen LogP contribution in [0, 0.1) is 0 Å². The van der Waals surface area contributed by atoms with E-state index in [1.165, 1.54) is 0 Å². The summed E-state index contributed by atoms with van der Waals surface area (Å²) in [6, 6.07) is 9.56. The Morgan fingerprint density at radius 2 is 2.13 bits per heavy atom. The molecule has 0 radical (unpaired) electrons. The summed E-state index contributed by atoms with van der Waals surface area (Å²) in [4.78, 5) is 11.2. The van der Waals surface area contributed by atoms with Gasteiger partial charge in [0.25, 0.3) is 0 Å². The van der Waals surface area contributed by atoms with Crippen molar-refractivity contribution in [2.75, 3.05) is 4.43 Å². The second-order valence-corrected chi connectivity index (χ2v) is 4.40. The summed E-state index contributed by atoms with van der Waals surface area (Å²) in [6.45, 7) is 0. The molecule has 0 spiro atoms. The van der Waals surface area contributed by atoms with Crippen molar-refractivity contribution in [2.24, 2.45) is 0 Å². The number of carbonyl (C=O) groups is 1. The number of alkyl halides is 1. The molecule has 2 atom stereocenters. The summed E-state index contributed by atoms with van der Waals surface area (Å²) in [5, 5.41) is 9.45. The fourth-order valence-electron chi connectivity index (χ4n) is 1.78. The highest BCUT2D eigenvalue weighted by atomic mass is 127. The molecule has 15 heavy (non-hydrogen) atoms. The minimum atomic E-state index is -0.986. The van der Waals surface area contributed by atoms with E-state index >= 15 is 0 Å². The highest BCUT2D eigenvalue weighted by Gasteiger charge is 2.46. The number of esters is 1. The minimum Gasteiger partial charge on any atom is -0.451 e. The number of ether oxygens (including phenoxy) is 1. The third-order valence-electron chi connectivity index (χ3n) is 2.61. The zero-order valence-electron chi connectivity index (χ0n) is 8.02. The van der Waals surface area contributed by atoms with Gasteiger partial charge in [-0.05, 0) is 5.56 Å². The molecule has 0 bridgehead atoms. The minimum absolute atomic E-state index is 0.346. The van der Waals surface area contributed by atoms with Crippen molar-refractivity contribution < 1.29 is 14.6 Å². The Hall–Kier alpha value is -0.620. The molecule has 4 heteroatoms. The van der Waals surface area contributed by atoms with Gasteiger partial charge in [-0.2, -0.15) is 0 Å². The van der Waals surface area contributed by atoms with Crippen molar-refractivity contribution >= 4 is 28.6 Å². The van der Waals surface area contributed by atoms with Gasteiger partial charge in [0.15, 0.2) is 6.10 Å². The maximum Gasteiger partial charge on any atom is 0.336 e. The molecule has 1 aliphatic heterocycles. The molecule has 3 nitrogen and oxygen atoms in total. The van der Waals surface area contributed by atoms with Crippen LogP contribution in [0.4, 0.5) is 0 Å². The Balaban J connectivity index is 2.36. The second-order valence-electron chi connectivity index (χ2n) is 3.63. The summed E-state index contributed by atoms with van der Waals surface area (Å²) >= 11 is 2.18. The maximum absolute atomic E-state index is 11.2. The number of hydrogen-bond donors (Lipinski definition) is 1. The molecular formula is C11H11IO3. The van der Waals surface area contributed by atoms with Crippen molar-refractivity contribution in [3.05, 3.63) is 35.9 Å². The van der Waals surface area contributed by atoms with Crippen LogP contribution >= 0.6 is 22.6 Å². The van der Waals surface area contributed by atoms with Gasteiger partial charge < -0.3 is 9.84 Å². The van der Waals surface area contributed by atoms with Gasteiger partial charge in [0.1, 0.15) is 5.60 Å². The van der Waals surface area contributed by atoms with E-state index in [1.54, 1.807) is 0 Å². The van der Waals surface area contributed by atoms with Crippen LogP contribution in [-0.2, 0) is 15.1 Å². The summed E-state index contributed by atoms with van der Waals surface area (Å²) in [6.07, 6.45) is -0.640. The normalized spacial score (nSPS) is 30.3. The molecule has 1 N–H and O–H groups in total. The van der Waals surface area contributed by atoms with E-state index < -0.39 is 17.7 Å². The Kier molecular flexibility index (Phi) is 2.97. The van der Waals surface area contributed by atoms with Crippen LogP contribution in [0.2, 0.25) is 0 Å². The largest absolute Gasteiger partial charge is 0.451 e. The lowest BCUT2D eigenvalue weighted by Gasteiger charge is -2.25. The third-order valence-corrected chi connectivity index (χ3v) is 3.84. The van der Waals surface area contributed by atoms with Gasteiger partial charge >= 0.3 is 5.97 Å². The molecule has 0 aromatic heterocycles. The second kappa shape index (κ2) is 4.09. The fourth-order valence-corrected chi connectivity index (χ4v) is 2.68. The quantitative estimate of drug-likeness (QED) is 0.512. The predicted octanol–water partition coefficient (Wildman–Crippen LogP) is 1.62. The predicted molar refractivity (Wildman–Crippen MR) is 63.7 cm³/mol. The van der Waals surface area contributed by atoms with E-state index in [1.807, 2.05) is 30.3 Å².